The molecule has 7 nitrogen and oxygen atoms in total. The second kappa shape index (κ2) is 11.2. The lowest BCUT2D eigenvalue weighted by atomic mass is 10.1. The van der Waals surface area contributed by atoms with E-state index in [1.165, 1.54) is 6.07 Å². The molecular weight excluding hydrogens is 526 g/mol. The van der Waals surface area contributed by atoms with E-state index < -0.39 is 12.1 Å². The number of aromatic nitrogens is 1. The molecule has 1 saturated heterocycles. The molecular formula is C26H23F4N3O4S. The summed E-state index contributed by atoms with van der Waals surface area (Å²) in [6.07, 6.45) is -5.08. The van der Waals surface area contributed by atoms with Gasteiger partial charge in [0.25, 0.3) is 5.91 Å². The van der Waals surface area contributed by atoms with Crippen molar-refractivity contribution in [3.8, 4) is 17.3 Å². The van der Waals surface area contributed by atoms with Gasteiger partial charge in [-0.3, -0.25) is 9.36 Å². The van der Waals surface area contributed by atoms with E-state index in [0.717, 1.165) is 29.7 Å². The number of thiophene rings is 1. The highest BCUT2D eigenvalue weighted by atomic mass is 32.1. The van der Waals surface area contributed by atoms with Crippen molar-refractivity contribution >= 4 is 34.1 Å². The van der Waals surface area contributed by atoms with Crippen LogP contribution in [0.2, 0.25) is 0 Å². The molecule has 1 amide bonds. The smallest absolute Gasteiger partial charge is 0.475 e. The zero-order chi connectivity index (χ0) is 27.4. The number of piperazine rings is 1. The van der Waals surface area contributed by atoms with Crippen molar-refractivity contribution in [2.24, 2.45) is 0 Å². The predicted octanol–water partition coefficient (Wildman–Crippen LogP) is 5.61. The molecule has 0 atom stereocenters. The number of hydrogen-bond donors (Lipinski definition) is 2. The molecule has 2 N–H and O–H groups in total. The first-order chi connectivity index (χ1) is 18.1. The minimum absolute atomic E-state index is 0.0734. The van der Waals surface area contributed by atoms with Crippen LogP contribution >= 0.6 is 11.3 Å². The molecule has 1 fully saturated rings. The summed E-state index contributed by atoms with van der Waals surface area (Å²) in [6, 6.07) is 14.5. The third-order valence-corrected chi connectivity index (χ3v) is 6.55. The van der Waals surface area contributed by atoms with Gasteiger partial charge in [-0.1, -0.05) is 24.3 Å². The minimum Gasteiger partial charge on any atom is -0.475 e. The van der Waals surface area contributed by atoms with Crippen molar-refractivity contribution in [1.29, 1.82) is 0 Å². The third-order valence-electron chi connectivity index (χ3n) is 5.88. The number of nitrogens with one attached hydrogen (secondary N) is 1. The quantitative estimate of drug-likeness (QED) is 0.324. The number of amides is 1. The number of carbonyl (C=O) groups excluding carboxylic acids is 1. The number of para-hydroxylation sites is 1. The molecule has 0 aliphatic carbocycles. The Hall–Kier alpha value is -3.90. The van der Waals surface area contributed by atoms with Gasteiger partial charge in [0.05, 0.1) is 11.2 Å². The van der Waals surface area contributed by atoms with Gasteiger partial charge < -0.3 is 20.1 Å². The van der Waals surface area contributed by atoms with Crippen LogP contribution in [0.3, 0.4) is 0 Å². The number of ether oxygens (including phenoxy) is 1. The Labute approximate surface area is 218 Å². The maximum absolute atomic E-state index is 14.2. The first-order valence-corrected chi connectivity index (χ1v) is 12.4. The normalized spacial score (nSPS) is 13.7. The number of carboxylic acid groups (broad SMARTS) is 1. The monoisotopic (exact) mass is 549 g/mol. The van der Waals surface area contributed by atoms with Gasteiger partial charge in [0.2, 0.25) is 5.88 Å². The van der Waals surface area contributed by atoms with Crippen LogP contribution in [0.5, 0.6) is 11.6 Å². The fourth-order valence-electron chi connectivity index (χ4n) is 3.99. The van der Waals surface area contributed by atoms with Gasteiger partial charge in [0, 0.05) is 42.5 Å². The first-order valence-electron chi connectivity index (χ1n) is 11.5. The summed E-state index contributed by atoms with van der Waals surface area (Å²) in [5, 5.41) is 15.2. The van der Waals surface area contributed by atoms with Gasteiger partial charge in [0.1, 0.15) is 17.1 Å². The summed E-state index contributed by atoms with van der Waals surface area (Å²) in [6.45, 7) is 4.46. The van der Waals surface area contributed by atoms with Crippen molar-refractivity contribution in [1.82, 2.24) is 14.8 Å². The molecule has 0 spiro atoms. The Morgan fingerprint density at radius 3 is 2.37 bits per heavy atom. The number of alkyl halides is 3. The lowest BCUT2D eigenvalue weighted by molar-refractivity contribution is -0.192. The largest absolute Gasteiger partial charge is 0.490 e. The van der Waals surface area contributed by atoms with Crippen LogP contribution in [-0.2, 0) is 4.79 Å². The van der Waals surface area contributed by atoms with Crippen LogP contribution < -0.4 is 10.1 Å². The Balaban J connectivity index is 0.000000426. The van der Waals surface area contributed by atoms with E-state index in [1.54, 1.807) is 30.4 Å². The van der Waals surface area contributed by atoms with E-state index in [-0.39, 0.29) is 11.7 Å². The Morgan fingerprint density at radius 1 is 1.05 bits per heavy atom. The zero-order valence-electron chi connectivity index (χ0n) is 20.1. The topological polar surface area (TPSA) is 83.8 Å². The van der Waals surface area contributed by atoms with E-state index in [1.807, 2.05) is 50.6 Å². The number of carbonyl (C=O) groups is 2. The number of carboxylic acids is 1. The summed E-state index contributed by atoms with van der Waals surface area (Å²) in [7, 11) is 0. The lowest BCUT2D eigenvalue weighted by Crippen LogP contribution is -2.46. The molecule has 0 saturated carbocycles. The molecule has 0 radical (unpaired) electrons. The molecule has 38 heavy (non-hydrogen) atoms. The summed E-state index contributed by atoms with van der Waals surface area (Å²) in [5.74, 6) is -2.36. The van der Waals surface area contributed by atoms with Crippen LogP contribution in [-0.4, -0.2) is 58.8 Å². The molecule has 1 aliphatic rings. The number of nitrogens with zero attached hydrogens (tertiary/aromatic N) is 2. The molecule has 2 aromatic carbocycles. The fraction of sp³-hybridized carbons (Fsp3) is 0.231. The van der Waals surface area contributed by atoms with E-state index >= 15 is 0 Å². The number of rotatable bonds is 4. The SMILES string of the molecule is Cc1c(F)cccc1Oc1c(C(=O)N2CCNCC2)c2ccccc2n1-c1ccsc1.O=C(O)C(F)(F)F. The standard InChI is InChI=1S/C24H22FN3O2S.C2HF3O2/c1-16-19(25)6-4-8-21(16)30-24-22(23(29)27-12-10-26-11-13-27)18-5-2-3-7-20(18)28(24)17-9-14-31-15-17;3-2(4,5)1(6)7/h2-9,14-15,26H,10-13H2,1H3;(H,6,7). The lowest BCUT2D eigenvalue weighted by Gasteiger charge is -2.27. The van der Waals surface area contributed by atoms with E-state index in [2.05, 4.69) is 5.32 Å². The first kappa shape index (κ1) is 27.1. The van der Waals surface area contributed by atoms with Crippen LogP contribution in [0.15, 0.2) is 59.3 Å². The summed E-state index contributed by atoms with van der Waals surface area (Å²) in [4.78, 5) is 24.4. The third kappa shape index (κ3) is 5.65. The van der Waals surface area contributed by atoms with Gasteiger partial charge in [-0.05, 0) is 36.6 Å². The van der Waals surface area contributed by atoms with Gasteiger partial charge in [-0.2, -0.15) is 24.5 Å². The number of halogens is 4. The predicted molar refractivity (Wildman–Crippen MR) is 135 cm³/mol. The van der Waals surface area contributed by atoms with Crippen molar-refractivity contribution in [3.05, 3.63) is 76.2 Å². The molecule has 5 rings (SSSR count). The van der Waals surface area contributed by atoms with Crippen molar-refractivity contribution in [3.63, 3.8) is 0 Å². The Kier molecular flexibility index (Phi) is 8.02. The average Bonchev–Trinajstić information content (AvgIpc) is 3.52. The molecule has 12 heteroatoms. The molecule has 1 aliphatic heterocycles. The average molecular weight is 550 g/mol. The number of aliphatic carboxylic acids is 1. The van der Waals surface area contributed by atoms with Crippen molar-refractivity contribution < 1.29 is 37.0 Å². The highest BCUT2D eigenvalue weighted by molar-refractivity contribution is 7.08. The van der Waals surface area contributed by atoms with Gasteiger partial charge in [-0.25, -0.2) is 9.18 Å². The molecule has 200 valence electrons. The molecule has 4 aromatic rings. The molecule has 2 aromatic heterocycles. The summed E-state index contributed by atoms with van der Waals surface area (Å²) < 4.78 is 54.3. The van der Waals surface area contributed by atoms with E-state index in [9.17, 15) is 22.4 Å². The molecule has 3 heterocycles. The van der Waals surface area contributed by atoms with Crippen LogP contribution in [0.4, 0.5) is 17.6 Å². The van der Waals surface area contributed by atoms with Crippen LogP contribution in [0.25, 0.3) is 16.6 Å². The Bertz CT molecular complexity index is 1440. The van der Waals surface area contributed by atoms with Crippen molar-refractivity contribution in [2.75, 3.05) is 26.2 Å². The van der Waals surface area contributed by atoms with Crippen molar-refractivity contribution in [2.45, 2.75) is 13.1 Å². The second-order valence-electron chi connectivity index (χ2n) is 8.32. The molecule has 0 bridgehead atoms. The maximum atomic E-state index is 14.2. The van der Waals surface area contributed by atoms with Gasteiger partial charge in [0.15, 0.2) is 0 Å². The highest BCUT2D eigenvalue weighted by Gasteiger charge is 2.38. The van der Waals surface area contributed by atoms with Gasteiger partial charge >= 0.3 is 12.1 Å². The number of benzene rings is 2. The highest BCUT2D eigenvalue weighted by Crippen LogP contribution is 2.40. The number of fused-ring (bicyclic) bond motifs is 1. The van der Waals surface area contributed by atoms with Crippen LogP contribution in [0.1, 0.15) is 15.9 Å². The maximum Gasteiger partial charge on any atom is 0.490 e. The van der Waals surface area contributed by atoms with Gasteiger partial charge in [-0.15, -0.1) is 0 Å². The fourth-order valence-corrected chi connectivity index (χ4v) is 4.61. The molecule has 0 unspecified atom stereocenters. The van der Waals surface area contributed by atoms with E-state index in [0.29, 0.717) is 35.8 Å². The zero-order valence-corrected chi connectivity index (χ0v) is 20.9. The van der Waals surface area contributed by atoms with E-state index in [4.69, 9.17) is 14.6 Å². The summed E-state index contributed by atoms with van der Waals surface area (Å²) in [5.41, 5.74) is 2.70. The van der Waals surface area contributed by atoms with Crippen LogP contribution in [0, 0.1) is 12.7 Å². The number of hydrogen-bond acceptors (Lipinski definition) is 5. The summed E-state index contributed by atoms with van der Waals surface area (Å²) >= 11 is 1.57. The second-order valence-corrected chi connectivity index (χ2v) is 9.10. The Morgan fingerprint density at radius 2 is 1.74 bits per heavy atom. The minimum atomic E-state index is -5.08.